The third kappa shape index (κ3) is 0.858. The van der Waals surface area contributed by atoms with Crippen molar-refractivity contribution in [1.82, 2.24) is 0 Å². The van der Waals surface area contributed by atoms with Crippen LogP contribution in [0.3, 0.4) is 0 Å². The fraction of sp³-hybridized carbons (Fsp3) is 0.833. The standard InChI is InChI=1S/C6H11O2/c1-2-5(7)6(8)3-4-6/h5,7-8H,1-4H2. The van der Waals surface area contributed by atoms with E-state index in [4.69, 9.17) is 10.2 Å². The molecule has 1 radical (unpaired) electrons. The van der Waals surface area contributed by atoms with Crippen molar-refractivity contribution in [3.8, 4) is 0 Å². The Labute approximate surface area is 49.1 Å². The summed E-state index contributed by atoms with van der Waals surface area (Å²) in [5, 5.41) is 18.1. The van der Waals surface area contributed by atoms with Crippen LogP contribution in [-0.4, -0.2) is 21.9 Å². The molecule has 0 saturated heterocycles. The SMILES string of the molecule is [CH2]CC(O)C1(O)CC1. The molecule has 0 heterocycles. The lowest BCUT2D eigenvalue weighted by molar-refractivity contribution is 0.00149. The number of rotatable bonds is 2. The third-order valence-corrected chi connectivity index (χ3v) is 1.66. The molecule has 1 saturated carbocycles. The zero-order valence-corrected chi connectivity index (χ0v) is 4.80. The Hall–Kier alpha value is -0.0800. The lowest BCUT2D eigenvalue weighted by Gasteiger charge is -2.12. The molecule has 1 atom stereocenters. The summed E-state index contributed by atoms with van der Waals surface area (Å²) < 4.78 is 0. The van der Waals surface area contributed by atoms with E-state index in [9.17, 15) is 0 Å². The second-order valence-electron chi connectivity index (χ2n) is 2.41. The summed E-state index contributed by atoms with van der Waals surface area (Å²) in [6.45, 7) is 3.48. The molecule has 0 aromatic carbocycles. The Kier molecular flexibility index (Phi) is 1.29. The Morgan fingerprint density at radius 1 is 1.62 bits per heavy atom. The number of hydrogen-bond acceptors (Lipinski definition) is 2. The van der Waals surface area contributed by atoms with Crippen LogP contribution < -0.4 is 0 Å². The molecule has 1 fully saturated rings. The fourth-order valence-electron chi connectivity index (χ4n) is 0.730. The van der Waals surface area contributed by atoms with Gasteiger partial charge in [-0.2, -0.15) is 0 Å². The molecule has 2 N–H and O–H groups in total. The molecule has 8 heavy (non-hydrogen) atoms. The smallest absolute Gasteiger partial charge is 0.0907 e. The molecule has 1 aliphatic carbocycles. The summed E-state index contributed by atoms with van der Waals surface area (Å²) in [5.41, 5.74) is -0.748. The van der Waals surface area contributed by atoms with E-state index < -0.39 is 11.7 Å². The predicted octanol–water partition coefficient (Wildman–Crippen LogP) is 0.0964. The lowest BCUT2D eigenvalue weighted by atomic mass is 10.1. The third-order valence-electron chi connectivity index (χ3n) is 1.66. The van der Waals surface area contributed by atoms with Crippen molar-refractivity contribution in [1.29, 1.82) is 0 Å². The second-order valence-corrected chi connectivity index (χ2v) is 2.41. The molecule has 0 amide bonds. The molecule has 0 aliphatic heterocycles. The topological polar surface area (TPSA) is 40.5 Å². The van der Waals surface area contributed by atoms with Crippen molar-refractivity contribution in [2.45, 2.75) is 31.0 Å². The van der Waals surface area contributed by atoms with Crippen molar-refractivity contribution < 1.29 is 10.2 Å². The minimum Gasteiger partial charge on any atom is -0.390 e. The Morgan fingerprint density at radius 2 is 2.12 bits per heavy atom. The summed E-state index contributed by atoms with van der Waals surface area (Å²) in [6, 6.07) is 0. The highest BCUT2D eigenvalue weighted by atomic mass is 16.3. The maximum absolute atomic E-state index is 9.11. The van der Waals surface area contributed by atoms with E-state index in [1.54, 1.807) is 0 Å². The first kappa shape index (κ1) is 6.05. The Bertz CT molecular complexity index is 86.5. The maximum Gasteiger partial charge on any atom is 0.0907 e. The average molecular weight is 115 g/mol. The molecular weight excluding hydrogens is 104 g/mol. The van der Waals surface area contributed by atoms with E-state index in [0.29, 0.717) is 6.42 Å². The van der Waals surface area contributed by atoms with Crippen molar-refractivity contribution >= 4 is 0 Å². The summed E-state index contributed by atoms with van der Waals surface area (Å²) in [5.74, 6) is 0. The van der Waals surface area contributed by atoms with Crippen molar-refractivity contribution in [2.24, 2.45) is 0 Å². The van der Waals surface area contributed by atoms with Gasteiger partial charge in [0, 0.05) is 0 Å². The predicted molar refractivity (Wildman–Crippen MR) is 30.2 cm³/mol. The largest absolute Gasteiger partial charge is 0.390 e. The average Bonchev–Trinajstić information content (AvgIpc) is 2.47. The first-order valence-corrected chi connectivity index (χ1v) is 2.89. The molecule has 1 unspecified atom stereocenters. The van der Waals surface area contributed by atoms with Crippen LogP contribution in [0.4, 0.5) is 0 Å². The molecule has 1 rings (SSSR count). The van der Waals surface area contributed by atoms with Gasteiger partial charge in [-0.15, -0.1) is 0 Å². The Morgan fingerprint density at radius 3 is 2.25 bits per heavy atom. The summed E-state index contributed by atoms with van der Waals surface area (Å²) in [4.78, 5) is 0. The number of hydrogen-bond donors (Lipinski definition) is 2. The number of aliphatic hydroxyl groups excluding tert-OH is 1. The van der Waals surface area contributed by atoms with Crippen molar-refractivity contribution in [2.75, 3.05) is 0 Å². The van der Waals surface area contributed by atoms with Gasteiger partial charge in [-0.3, -0.25) is 0 Å². The van der Waals surface area contributed by atoms with Crippen LogP contribution in [0.15, 0.2) is 0 Å². The van der Waals surface area contributed by atoms with Gasteiger partial charge in [0.15, 0.2) is 0 Å². The van der Waals surface area contributed by atoms with Crippen LogP contribution in [0.5, 0.6) is 0 Å². The zero-order chi connectivity index (χ0) is 6.20. The van der Waals surface area contributed by atoms with Gasteiger partial charge in [-0.25, -0.2) is 0 Å². The van der Waals surface area contributed by atoms with E-state index >= 15 is 0 Å². The van der Waals surface area contributed by atoms with Crippen LogP contribution in [-0.2, 0) is 0 Å². The first-order valence-electron chi connectivity index (χ1n) is 2.89. The number of aliphatic hydroxyl groups is 2. The van der Waals surface area contributed by atoms with Crippen LogP contribution in [0.1, 0.15) is 19.3 Å². The highest BCUT2D eigenvalue weighted by Gasteiger charge is 2.46. The quantitative estimate of drug-likeness (QED) is 0.535. The van der Waals surface area contributed by atoms with Gasteiger partial charge in [0.2, 0.25) is 0 Å². The normalized spacial score (nSPS) is 27.4. The van der Waals surface area contributed by atoms with Crippen molar-refractivity contribution in [3.05, 3.63) is 6.92 Å². The summed E-state index contributed by atoms with van der Waals surface area (Å²) in [6.07, 6.45) is 1.30. The van der Waals surface area contributed by atoms with E-state index in [1.165, 1.54) is 0 Å². The van der Waals surface area contributed by atoms with Gasteiger partial charge < -0.3 is 10.2 Å². The molecule has 2 nitrogen and oxygen atoms in total. The minimum absolute atomic E-state index is 0.413. The summed E-state index contributed by atoms with van der Waals surface area (Å²) in [7, 11) is 0. The minimum atomic E-state index is -0.748. The van der Waals surface area contributed by atoms with Gasteiger partial charge in [0.1, 0.15) is 0 Å². The van der Waals surface area contributed by atoms with Gasteiger partial charge in [-0.1, -0.05) is 6.92 Å². The molecule has 0 aromatic heterocycles. The van der Waals surface area contributed by atoms with Crippen LogP contribution in [0.2, 0.25) is 0 Å². The molecule has 0 spiro atoms. The van der Waals surface area contributed by atoms with E-state index in [1.807, 2.05) is 0 Å². The second kappa shape index (κ2) is 1.71. The first-order chi connectivity index (χ1) is 3.69. The van der Waals surface area contributed by atoms with Crippen LogP contribution in [0, 0.1) is 6.92 Å². The highest BCUT2D eigenvalue weighted by Crippen LogP contribution is 2.39. The van der Waals surface area contributed by atoms with Gasteiger partial charge >= 0.3 is 0 Å². The van der Waals surface area contributed by atoms with Crippen molar-refractivity contribution in [3.63, 3.8) is 0 Å². The van der Waals surface area contributed by atoms with Crippen LogP contribution in [0.25, 0.3) is 0 Å². The van der Waals surface area contributed by atoms with E-state index in [0.717, 1.165) is 12.8 Å². The van der Waals surface area contributed by atoms with Gasteiger partial charge in [0.05, 0.1) is 11.7 Å². The lowest BCUT2D eigenvalue weighted by Crippen LogP contribution is -2.26. The molecular formula is C6H11O2. The molecule has 1 aliphatic rings. The molecule has 47 valence electrons. The highest BCUT2D eigenvalue weighted by molar-refractivity contribution is 4.99. The van der Waals surface area contributed by atoms with Crippen LogP contribution >= 0.6 is 0 Å². The zero-order valence-electron chi connectivity index (χ0n) is 4.80. The monoisotopic (exact) mass is 115 g/mol. The molecule has 0 aromatic rings. The molecule has 0 bridgehead atoms. The Balaban J connectivity index is 2.34. The molecule has 2 heteroatoms. The fourth-order valence-corrected chi connectivity index (χ4v) is 0.730. The van der Waals surface area contributed by atoms with E-state index in [2.05, 4.69) is 6.92 Å². The van der Waals surface area contributed by atoms with Gasteiger partial charge in [-0.05, 0) is 19.3 Å². The van der Waals surface area contributed by atoms with E-state index in [-0.39, 0.29) is 0 Å². The van der Waals surface area contributed by atoms with Gasteiger partial charge in [0.25, 0.3) is 0 Å². The summed E-state index contributed by atoms with van der Waals surface area (Å²) >= 11 is 0. The maximum atomic E-state index is 9.11.